The summed E-state index contributed by atoms with van der Waals surface area (Å²) in [5.74, 6) is 7.14. The Bertz CT molecular complexity index is 2810. The first-order valence-electron chi connectivity index (χ1n) is 17.4. The van der Waals surface area contributed by atoms with E-state index in [-0.39, 0.29) is 22.0 Å². The second-order valence-electron chi connectivity index (χ2n) is 12.6. The molecule has 8 rings (SSSR count). The van der Waals surface area contributed by atoms with Gasteiger partial charge in [0.2, 0.25) is 5.78 Å². The highest BCUT2D eigenvalue weighted by molar-refractivity contribution is 7.90. The lowest BCUT2D eigenvalue weighted by Gasteiger charge is -2.12. The number of hydrazine groups is 1. The molecule has 6 aromatic carbocycles. The number of aryl methyl sites for hydroxylation is 1. The number of hydrogen-bond acceptors (Lipinski definition) is 9. The van der Waals surface area contributed by atoms with E-state index in [1.165, 1.54) is 23.0 Å². The molecule has 0 atom stereocenters. The molecular weight excluding hydrogens is 783 g/mol. The molecule has 0 bridgehead atoms. The van der Waals surface area contributed by atoms with Crippen LogP contribution in [0.15, 0.2) is 163 Å². The molecule has 0 aliphatic rings. The van der Waals surface area contributed by atoms with Gasteiger partial charge in [-0.25, -0.2) is 17.1 Å². The van der Waals surface area contributed by atoms with Crippen molar-refractivity contribution in [2.75, 3.05) is 11.2 Å². The zero-order valence-electron chi connectivity index (χ0n) is 30.2. The van der Waals surface area contributed by atoms with Gasteiger partial charge in [0.05, 0.1) is 43.6 Å². The summed E-state index contributed by atoms with van der Waals surface area (Å²) in [6, 6.07) is 43.9. The molecule has 2 aromatic heterocycles. The SMILES string of the molecule is Cc1ccc(S(=O)(=O)n2c(C(=O)c3cnn(-c4ccc(Oc5ccccc5)c(Cl)c4)c3N)cc3ccccc32)cc1.NNc1ccc(Oc2ccccc2)c(Cl)c1. The number of aromatic nitrogens is 3. The van der Waals surface area contributed by atoms with Crippen molar-refractivity contribution in [3.05, 3.63) is 185 Å². The summed E-state index contributed by atoms with van der Waals surface area (Å²) in [7, 11) is -4.12. The maximum atomic E-state index is 13.9. The molecule has 0 aliphatic carbocycles. The monoisotopic (exact) mass is 816 g/mol. The topological polar surface area (TPSA) is 156 Å². The highest BCUT2D eigenvalue weighted by Gasteiger charge is 2.29. The average Bonchev–Trinajstić information content (AvgIpc) is 3.82. The van der Waals surface area contributed by atoms with Crippen LogP contribution in [-0.4, -0.2) is 28.0 Å². The van der Waals surface area contributed by atoms with Crippen LogP contribution in [0.5, 0.6) is 23.0 Å². The van der Waals surface area contributed by atoms with Crippen molar-refractivity contribution in [1.82, 2.24) is 13.8 Å². The fourth-order valence-corrected chi connectivity index (χ4v) is 7.79. The van der Waals surface area contributed by atoms with Crippen LogP contribution >= 0.6 is 23.2 Å². The first-order valence-corrected chi connectivity index (χ1v) is 19.6. The number of carbonyl (C=O) groups excluding carboxylic acids is 1. The van der Waals surface area contributed by atoms with E-state index in [9.17, 15) is 13.2 Å². The Hall–Kier alpha value is -6.57. The fraction of sp³-hybridized carbons (Fsp3) is 0.0233. The number of nitrogen functional groups attached to an aromatic ring is 2. The molecule has 0 spiro atoms. The maximum Gasteiger partial charge on any atom is 0.268 e. The summed E-state index contributed by atoms with van der Waals surface area (Å²) in [4.78, 5) is 14.0. The third kappa shape index (κ3) is 8.35. The predicted molar refractivity (Wildman–Crippen MR) is 224 cm³/mol. The summed E-state index contributed by atoms with van der Waals surface area (Å²) in [6.07, 6.45) is 1.32. The Morgan fingerprint density at radius 1 is 0.719 bits per heavy atom. The van der Waals surface area contributed by atoms with Crippen LogP contribution in [0, 0.1) is 6.92 Å². The number of nitrogens with one attached hydrogen (secondary N) is 1. The van der Waals surface area contributed by atoms with Gasteiger partial charge in [-0.05, 0) is 91.9 Å². The first-order chi connectivity index (χ1) is 27.5. The summed E-state index contributed by atoms with van der Waals surface area (Å²) in [5, 5.41) is 5.74. The Balaban J connectivity index is 0.000000259. The lowest BCUT2D eigenvalue weighted by Crippen LogP contribution is -2.19. The van der Waals surface area contributed by atoms with E-state index < -0.39 is 15.8 Å². The van der Waals surface area contributed by atoms with Crippen LogP contribution < -0.4 is 26.5 Å². The van der Waals surface area contributed by atoms with E-state index in [4.69, 9.17) is 44.3 Å². The van der Waals surface area contributed by atoms with Gasteiger partial charge in [-0.3, -0.25) is 10.6 Å². The van der Waals surface area contributed by atoms with Gasteiger partial charge in [0, 0.05) is 5.39 Å². The van der Waals surface area contributed by atoms with Crippen LogP contribution in [0.3, 0.4) is 0 Å². The number of nitrogens with two attached hydrogens (primary N) is 2. The standard InChI is InChI=1S/C31H23ClN4O4S.C12H11ClN2O/c1-20-11-14-24(15-12-20)41(38,39)36-27-10-6-5-7-21(27)17-28(36)30(37)25-19-34-35(31(25)33)22-13-16-29(26(32)18-22)40-23-8-3-2-4-9-23;13-11-8-9(15-14)6-7-12(11)16-10-4-2-1-3-5-10/h2-19H,33H2,1H3;1-8,15H,14H2. The smallest absolute Gasteiger partial charge is 0.268 e. The first kappa shape index (κ1) is 38.7. The Labute approximate surface area is 338 Å². The molecule has 0 amide bonds. The van der Waals surface area contributed by atoms with Crippen LogP contribution in [0.4, 0.5) is 11.5 Å². The molecule has 11 nitrogen and oxygen atoms in total. The third-order valence-electron chi connectivity index (χ3n) is 8.71. The normalized spacial score (nSPS) is 11.1. The Morgan fingerprint density at radius 2 is 1.30 bits per heavy atom. The van der Waals surface area contributed by atoms with Gasteiger partial charge < -0.3 is 20.6 Å². The van der Waals surface area contributed by atoms with E-state index in [1.807, 2.05) is 67.6 Å². The minimum atomic E-state index is -4.12. The van der Waals surface area contributed by atoms with E-state index in [0.29, 0.717) is 43.9 Å². The number of rotatable bonds is 10. The van der Waals surface area contributed by atoms with E-state index in [1.54, 1.807) is 78.9 Å². The molecule has 286 valence electrons. The summed E-state index contributed by atoms with van der Waals surface area (Å²) in [6.45, 7) is 1.87. The summed E-state index contributed by atoms with van der Waals surface area (Å²) in [5.41, 5.74) is 11.5. The van der Waals surface area contributed by atoms with E-state index >= 15 is 0 Å². The van der Waals surface area contributed by atoms with E-state index in [2.05, 4.69) is 10.5 Å². The molecule has 0 saturated carbocycles. The lowest BCUT2D eigenvalue weighted by atomic mass is 10.1. The van der Waals surface area contributed by atoms with E-state index in [0.717, 1.165) is 21.0 Å². The second-order valence-corrected chi connectivity index (χ2v) is 15.2. The number of anilines is 2. The van der Waals surface area contributed by atoms with Crippen molar-refractivity contribution in [3.8, 4) is 28.7 Å². The second kappa shape index (κ2) is 16.7. The van der Waals surface area contributed by atoms with Crippen molar-refractivity contribution >= 4 is 61.4 Å². The molecule has 0 saturated heterocycles. The summed E-state index contributed by atoms with van der Waals surface area (Å²) < 4.78 is 41.5. The zero-order valence-corrected chi connectivity index (χ0v) is 32.5. The molecule has 0 fully saturated rings. The zero-order chi connectivity index (χ0) is 40.1. The van der Waals surface area contributed by atoms with Gasteiger partial charge in [0.1, 0.15) is 34.5 Å². The van der Waals surface area contributed by atoms with Crippen LogP contribution in [-0.2, 0) is 10.0 Å². The number of para-hydroxylation sites is 3. The van der Waals surface area contributed by atoms with Gasteiger partial charge in [-0.1, -0.05) is 95.5 Å². The van der Waals surface area contributed by atoms with Crippen molar-refractivity contribution in [3.63, 3.8) is 0 Å². The maximum absolute atomic E-state index is 13.9. The van der Waals surface area contributed by atoms with Gasteiger partial charge >= 0.3 is 0 Å². The predicted octanol–water partition coefficient (Wildman–Crippen LogP) is 10.0. The molecule has 2 heterocycles. The van der Waals surface area contributed by atoms with Crippen molar-refractivity contribution < 1.29 is 22.7 Å². The highest BCUT2D eigenvalue weighted by atomic mass is 35.5. The molecule has 5 N–H and O–H groups in total. The number of benzene rings is 6. The number of carbonyl (C=O) groups is 1. The Kier molecular flexibility index (Phi) is 11.3. The number of nitrogens with zero attached hydrogens (tertiary/aromatic N) is 3. The summed E-state index contributed by atoms with van der Waals surface area (Å²) >= 11 is 12.5. The Morgan fingerprint density at radius 3 is 1.89 bits per heavy atom. The minimum Gasteiger partial charge on any atom is -0.456 e. The lowest BCUT2D eigenvalue weighted by molar-refractivity contribution is 0.103. The van der Waals surface area contributed by atoms with Crippen LogP contribution in [0.1, 0.15) is 21.6 Å². The molecule has 0 unspecified atom stereocenters. The average molecular weight is 818 g/mol. The minimum absolute atomic E-state index is 0.0346. The number of fused-ring (bicyclic) bond motifs is 1. The fourth-order valence-electron chi connectivity index (χ4n) is 5.85. The number of hydrogen-bond donors (Lipinski definition) is 3. The molecular formula is C43H34Cl2N6O5S. The number of halogens is 2. The van der Waals surface area contributed by atoms with Gasteiger partial charge in [0.25, 0.3) is 10.0 Å². The molecule has 14 heteroatoms. The van der Waals surface area contributed by atoms with Crippen LogP contribution in [0.25, 0.3) is 16.6 Å². The largest absolute Gasteiger partial charge is 0.456 e. The molecule has 8 aromatic rings. The van der Waals surface area contributed by atoms with Crippen molar-refractivity contribution in [2.45, 2.75) is 11.8 Å². The molecule has 0 radical (unpaired) electrons. The highest BCUT2D eigenvalue weighted by Crippen LogP contribution is 2.34. The number of ether oxygens (including phenoxy) is 2. The quantitative estimate of drug-likeness (QED) is 0.0694. The third-order valence-corrected chi connectivity index (χ3v) is 11.0. The number of ketones is 1. The van der Waals surface area contributed by atoms with Gasteiger partial charge in [-0.15, -0.1) is 0 Å². The molecule has 0 aliphatic heterocycles. The van der Waals surface area contributed by atoms with Crippen molar-refractivity contribution in [2.24, 2.45) is 5.84 Å². The van der Waals surface area contributed by atoms with Gasteiger partial charge in [-0.2, -0.15) is 5.10 Å². The van der Waals surface area contributed by atoms with Crippen LogP contribution in [0.2, 0.25) is 10.0 Å². The molecule has 57 heavy (non-hydrogen) atoms. The van der Waals surface area contributed by atoms with Crippen molar-refractivity contribution in [1.29, 1.82) is 0 Å². The van der Waals surface area contributed by atoms with Gasteiger partial charge in [0.15, 0.2) is 0 Å².